The number of hydrogen-bond donors (Lipinski definition) is 1. The topological polar surface area (TPSA) is 95.7 Å². The number of pyridine rings is 1. The van der Waals surface area contributed by atoms with E-state index in [-0.39, 0.29) is 11.4 Å². The van der Waals surface area contributed by atoms with E-state index in [0.717, 1.165) is 44.1 Å². The Labute approximate surface area is 175 Å². The number of anilines is 1. The predicted molar refractivity (Wildman–Crippen MR) is 115 cm³/mol. The number of rotatable bonds is 6. The van der Waals surface area contributed by atoms with Gasteiger partial charge in [0.25, 0.3) is 0 Å². The number of hydrogen-bond acceptors (Lipinski definition) is 7. The van der Waals surface area contributed by atoms with Gasteiger partial charge in [0.2, 0.25) is 10.0 Å². The van der Waals surface area contributed by atoms with E-state index in [1.165, 1.54) is 24.3 Å². The molecule has 1 aliphatic heterocycles. The molecule has 3 aromatic rings. The van der Waals surface area contributed by atoms with Gasteiger partial charge in [-0.3, -0.25) is 0 Å². The molecule has 0 bridgehead atoms. The number of fused-ring (bicyclic) bond motifs is 1. The maximum Gasteiger partial charge on any atom is 0.336 e. The molecule has 0 atom stereocenters. The van der Waals surface area contributed by atoms with Gasteiger partial charge in [-0.1, -0.05) is 13.0 Å². The van der Waals surface area contributed by atoms with Crippen molar-refractivity contribution in [2.24, 2.45) is 0 Å². The van der Waals surface area contributed by atoms with Crippen LogP contribution in [0.2, 0.25) is 0 Å². The molecule has 0 spiro atoms. The third kappa shape index (κ3) is 4.53. The molecule has 0 unspecified atom stereocenters. The van der Waals surface area contributed by atoms with Crippen LogP contribution in [0.4, 0.5) is 5.82 Å². The molecule has 30 heavy (non-hydrogen) atoms. The molecule has 0 saturated carbocycles. The minimum Gasteiger partial charge on any atom is -0.423 e. The van der Waals surface area contributed by atoms with Crippen LogP contribution in [0.5, 0.6) is 0 Å². The zero-order valence-electron chi connectivity index (χ0n) is 16.7. The van der Waals surface area contributed by atoms with Gasteiger partial charge in [-0.25, -0.2) is 22.9 Å². The molecule has 1 fully saturated rings. The summed E-state index contributed by atoms with van der Waals surface area (Å²) in [4.78, 5) is 20.5. The molecule has 0 amide bonds. The van der Waals surface area contributed by atoms with Crippen molar-refractivity contribution >= 4 is 26.8 Å². The average Bonchev–Trinajstić information content (AvgIpc) is 2.78. The van der Waals surface area contributed by atoms with Crippen molar-refractivity contribution < 1.29 is 12.8 Å². The summed E-state index contributed by atoms with van der Waals surface area (Å²) < 4.78 is 33.0. The number of piperazine rings is 1. The van der Waals surface area contributed by atoms with Crippen molar-refractivity contribution in [3.8, 4) is 0 Å². The number of nitrogens with zero attached hydrogens (tertiary/aromatic N) is 3. The molecule has 4 rings (SSSR count). The molecule has 1 aromatic carbocycles. The molecule has 0 radical (unpaired) electrons. The Balaban J connectivity index is 1.41. The van der Waals surface area contributed by atoms with Crippen LogP contribution >= 0.6 is 0 Å². The summed E-state index contributed by atoms with van der Waals surface area (Å²) >= 11 is 0. The van der Waals surface area contributed by atoms with Gasteiger partial charge >= 0.3 is 5.63 Å². The van der Waals surface area contributed by atoms with Crippen LogP contribution in [0, 0.1) is 0 Å². The highest BCUT2D eigenvalue weighted by Crippen LogP contribution is 2.18. The summed E-state index contributed by atoms with van der Waals surface area (Å²) in [6.45, 7) is 7.29. The lowest BCUT2D eigenvalue weighted by Crippen LogP contribution is -2.46. The van der Waals surface area contributed by atoms with E-state index in [1.807, 2.05) is 12.1 Å². The summed E-state index contributed by atoms with van der Waals surface area (Å²) in [5.74, 6) is 0.911. The quantitative estimate of drug-likeness (QED) is 0.598. The number of benzene rings is 1. The molecular formula is C21H24N4O4S. The van der Waals surface area contributed by atoms with E-state index >= 15 is 0 Å². The monoisotopic (exact) mass is 428 g/mol. The third-order valence-electron chi connectivity index (χ3n) is 5.32. The zero-order chi connectivity index (χ0) is 21.1. The van der Waals surface area contributed by atoms with Crippen LogP contribution < -0.4 is 15.2 Å². The lowest BCUT2D eigenvalue weighted by Gasteiger charge is -2.34. The predicted octanol–water partition coefficient (Wildman–Crippen LogP) is 1.81. The minimum atomic E-state index is -3.71. The Kier molecular flexibility index (Phi) is 5.85. The van der Waals surface area contributed by atoms with Crippen LogP contribution in [0.15, 0.2) is 62.8 Å². The van der Waals surface area contributed by atoms with E-state index in [4.69, 9.17) is 4.42 Å². The molecule has 8 nitrogen and oxygen atoms in total. The van der Waals surface area contributed by atoms with Gasteiger partial charge < -0.3 is 14.2 Å². The van der Waals surface area contributed by atoms with Crippen molar-refractivity contribution in [2.75, 3.05) is 37.6 Å². The maximum absolute atomic E-state index is 12.7. The molecule has 1 aliphatic rings. The van der Waals surface area contributed by atoms with Gasteiger partial charge in [0.1, 0.15) is 11.4 Å². The van der Waals surface area contributed by atoms with E-state index < -0.39 is 15.6 Å². The lowest BCUT2D eigenvalue weighted by molar-refractivity contribution is 0.270. The highest BCUT2D eigenvalue weighted by molar-refractivity contribution is 7.89. The van der Waals surface area contributed by atoms with E-state index in [2.05, 4.69) is 26.4 Å². The minimum absolute atomic E-state index is 0.113. The van der Waals surface area contributed by atoms with E-state index in [9.17, 15) is 13.2 Å². The highest BCUT2D eigenvalue weighted by Gasteiger charge is 2.17. The van der Waals surface area contributed by atoms with Crippen molar-refractivity contribution in [3.05, 3.63) is 64.6 Å². The first kappa shape index (κ1) is 20.5. The average molecular weight is 429 g/mol. The van der Waals surface area contributed by atoms with Gasteiger partial charge in [-0.15, -0.1) is 0 Å². The van der Waals surface area contributed by atoms with Gasteiger partial charge in [-0.2, -0.15) is 0 Å². The Morgan fingerprint density at radius 1 is 1.07 bits per heavy atom. The maximum atomic E-state index is 12.7. The molecule has 3 heterocycles. The number of likely N-dealkylation sites (N-methyl/N-ethyl adjacent to an activating group) is 1. The number of sulfonamides is 1. The summed E-state index contributed by atoms with van der Waals surface area (Å²) in [6, 6.07) is 11.0. The second-order valence-corrected chi connectivity index (χ2v) is 8.99. The van der Waals surface area contributed by atoms with Gasteiger partial charge in [0.15, 0.2) is 0 Å². The summed E-state index contributed by atoms with van der Waals surface area (Å²) in [5.41, 5.74) is 0.654. The third-order valence-corrected chi connectivity index (χ3v) is 6.72. The van der Waals surface area contributed by atoms with Crippen LogP contribution in [0.3, 0.4) is 0 Å². The first-order chi connectivity index (χ1) is 14.4. The largest absolute Gasteiger partial charge is 0.423 e. The van der Waals surface area contributed by atoms with Crippen molar-refractivity contribution in [2.45, 2.75) is 18.4 Å². The SMILES string of the molecule is CCN1CCN(c2ccc(CNS(=O)(=O)c3ccc4oc(=O)ccc4c3)cn2)CC1. The van der Waals surface area contributed by atoms with Crippen LogP contribution in [0.1, 0.15) is 12.5 Å². The van der Waals surface area contributed by atoms with Crippen LogP contribution in [0.25, 0.3) is 11.0 Å². The first-order valence-corrected chi connectivity index (χ1v) is 11.4. The normalized spacial score (nSPS) is 15.6. The highest BCUT2D eigenvalue weighted by atomic mass is 32.2. The Bertz CT molecular complexity index is 1180. The van der Waals surface area contributed by atoms with Crippen LogP contribution in [-0.2, 0) is 16.6 Å². The fourth-order valence-electron chi connectivity index (χ4n) is 3.48. The Morgan fingerprint density at radius 2 is 1.87 bits per heavy atom. The van der Waals surface area contributed by atoms with Gasteiger partial charge in [0, 0.05) is 50.4 Å². The first-order valence-electron chi connectivity index (χ1n) is 9.90. The molecule has 1 saturated heterocycles. The molecule has 2 aromatic heterocycles. The fraction of sp³-hybridized carbons (Fsp3) is 0.333. The Hall–Kier alpha value is -2.75. The summed E-state index contributed by atoms with van der Waals surface area (Å²) in [7, 11) is -3.71. The molecule has 1 N–H and O–H groups in total. The second-order valence-electron chi connectivity index (χ2n) is 7.22. The summed E-state index contributed by atoms with van der Waals surface area (Å²) in [5, 5.41) is 0.548. The molecular weight excluding hydrogens is 404 g/mol. The zero-order valence-corrected chi connectivity index (χ0v) is 17.6. The molecule has 158 valence electrons. The van der Waals surface area contributed by atoms with Gasteiger partial charge in [-0.05, 0) is 42.4 Å². The van der Waals surface area contributed by atoms with E-state index in [0.29, 0.717) is 11.0 Å². The summed E-state index contributed by atoms with van der Waals surface area (Å²) in [6.07, 6.45) is 1.71. The van der Waals surface area contributed by atoms with E-state index in [1.54, 1.807) is 12.3 Å². The second kappa shape index (κ2) is 8.55. The van der Waals surface area contributed by atoms with Crippen molar-refractivity contribution in [1.82, 2.24) is 14.6 Å². The van der Waals surface area contributed by atoms with Gasteiger partial charge in [0.05, 0.1) is 4.90 Å². The van der Waals surface area contributed by atoms with Crippen LogP contribution in [-0.4, -0.2) is 51.0 Å². The standard InChI is InChI=1S/C21H24N4O4S/c1-2-24-9-11-25(12-10-24)20-7-3-16(14-22-20)15-23-30(27,28)18-5-6-19-17(13-18)4-8-21(26)29-19/h3-8,13-14,23H,2,9-12,15H2,1H3. The molecule has 0 aliphatic carbocycles. The van der Waals surface area contributed by atoms with Crippen molar-refractivity contribution in [3.63, 3.8) is 0 Å². The fourth-order valence-corrected chi connectivity index (χ4v) is 4.53. The lowest BCUT2D eigenvalue weighted by atomic mass is 10.2. The number of aromatic nitrogens is 1. The molecule has 9 heteroatoms. The Morgan fingerprint density at radius 3 is 2.57 bits per heavy atom. The van der Waals surface area contributed by atoms with Crippen molar-refractivity contribution in [1.29, 1.82) is 0 Å². The number of nitrogens with one attached hydrogen (secondary N) is 1. The smallest absolute Gasteiger partial charge is 0.336 e.